The highest BCUT2D eigenvalue weighted by Crippen LogP contribution is 2.24. The molecule has 2 aliphatic rings. The van der Waals surface area contributed by atoms with Crippen LogP contribution < -0.4 is 4.74 Å². The van der Waals surface area contributed by atoms with Crippen LogP contribution in [0.2, 0.25) is 0 Å². The number of allylic oxidation sites excluding steroid dienone is 1. The summed E-state index contributed by atoms with van der Waals surface area (Å²) < 4.78 is 40.7. The number of ether oxygens (including phenoxy) is 1. The van der Waals surface area contributed by atoms with E-state index < -0.39 is 6.36 Å². The molecular weight excluding hydrogens is 485 g/mol. The predicted molar refractivity (Wildman–Crippen MR) is 133 cm³/mol. The Hall–Kier alpha value is -4.05. The third-order valence-electron chi connectivity index (χ3n) is 6.08. The fourth-order valence-electron chi connectivity index (χ4n) is 4.17. The van der Waals surface area contributed by atoms with Gasteiger partial charge in [-0.1, -0.05) is 36.9 Å². The quantitative estimate of drug-likeness (QED) is 0.318. The SMILES string of the molecule is C=C(C=NC(=N)C1=CCN(CCN2C(=O)c3ccccc3C2=O)CC1)Cc1ccc(OC(F)(F)F)cc1. The number of aliphatic imine (C=N–C) groups is 1. The molecule has 2 aromatic rings. The van der Waals surface area contributed by atoms with Gasteiger partial charge in [-0.05, 0) is 53.8 Å². The van der Waals surface area contributed by atoms with Crippen molar-refractivity contribution in [3.63, 3.8) is 0 Å². The van der Waals surface area contributed by atoms with Crippen molar-refractivity contribution in [3.05, 3.63) is 89.0 Å². The van der Waals surface area contributed by atoms with E-state index in [0.29, 0.717) is 55.7 Å². The summed E-state index contributed by atoms with van der Waals surface area (Å²) >= 11 is 0. The smallest absolute Gasteiger partial charge is 0.406 e. The molecule has 2 amide bonds. The molecule has 0 bridgehead atoms. The largest absolute Gasteiger partial charge is 0.573 e. The van der Waals surface area contributed by atoms with Crippen LogP contribution in [0.5, 0.6) is 5.75 Å². The Morgan fingerprint density at radius 2 is 1.70 bits per heavy atom. The molecule has 37 heavy (non-hydrogen) atoms. The van der Waals surface area contributed by atoms with Gasteiger partial charge in [-0.3, -0.25) is 24.8 Å². The summed E-state index contributed by atoms with van der Waals surface area (Å²) in [6.07, 6.45) is -0.369. The van der Waals surface area contributed by atoms with E-state index in [2.05, 4.69) is 21.2 Å². The van der Waals surface area contributed by atoms with Gasteiger partial charge in [0.25, 0.3) is 11.8 Å². The monoisotopic (exact) mass is 510 g/mol. The maximum absolute atomic E-state index is 12.5. The van der Waals surface area contributed by atoms with E-state index in [1.54, 1.807) is 24.3 Å². The maximum Gasteiger partial charge on any atom is 0.573 e. The van der Waals surface area contributed by atoms with Crippen LogP contribution in [-0.4, -0.2) is 66.2 Å². The number of carbonyl (C=O) groups is 2. The highest BCUT2D eigenvalue weighted by Gasteiger charge is 2.35. The first kappa shape index (κ1) is 26.0. The van der Waals surface area contributed by atoms with Crippen LogP contribution in [0.25, 0.3) is 0 Å². The van der Waals surface area contributed by atoms with E-state index in [4.69, 9.17) is 5.41 Å². The van der Waals surface area contributed by atoms with E-state index in [-0.39, 0.29) is 23.4 Å². The second-order valence-corrected chi connectivity index (χ2v) is 8.72. The third kappa shape index (κ3) is 6.59. The summed E-state index contributed by atoms with van der Waals surface area (Å²) in [7, 11) is 0. The minimum atomic E-state index is -4.73. The van der Waals surface area contributed by atoms with Crippen LogP contribution in [0.3, 0.4) is 0 Å². The number of nitrogens with zero attached hydrogens (tertiary/aromatic N) is 3. The van der Waals surface area contributed by atoms with E-state index in [1.807, 2.05) is 6.08 Å². The van der Waals surface area contributed by atoms with Crippen molar-refractivity contribution in [2.75, 3.05) is 26.2 Å². The number of rotatable bonds is 8. The number of halogens is 3. The van der Waals surface area contributed by atoms with Gasteiger partial charge < -0.3 is 4.74 Å². The summed E-state index contributed by atoms with van der Waals surface area (Å²) in [5, 5.41) is 8.25. The fraction of sp³-hybridized carbons (Fsp3) is 0.259. The highest BCUT2D eigenvalue weighted by molar-refractivity contribution is 6.21. The molecule has 0 saturated carbocycles. The topological polar surface area (TPSA) is 86.1 Å². The summed E-state index contributed by atoms with van der Waals surface area (Å²) in [6.45, 7) is 5.98. The number of imide groups is 1. The van der Waals surface area contributed by atoms with Crippen molar-refractivity contribution in [1.29, 1.82) is 5.41 Å². The average Bonchev–Trinajstić information content (AvgIpc) is 3.11. The predicted octanol–water partition coefficient (Wildman–Crippen LogP) is 4.66. The zero-order chi connectivity index (χ0) is 26.6. The summed E-state index contributed by atoms with van der Waals surface area (Å²) in [5.41, 5.74) is 3.01. The first-order chi connectivity index (χ1) is 17.6. The lowest BCUT2D eigenvalue weighted by Crippen LogP contribution is -2.40. The molecule has 0 aromatic heterocycles. The lowest BCUT2D eigenvalue weighted by atomic mass is 10.1. The van der Waals surface area contributed by atoms with Crippen LogP contribution >= 0.6 is 0 Å². The molecule has 0 radical (unpaired) electrons. The average molecular weight is 511 g/mol. The zero-order valence-corrected chi connectivity index (χ0v) is 19.9. The van der Waals surface area contributed by atoms with Crippen molar-refractivity contribution >= 4 is 23.9 Å². The molecule has 0 atom stereocenters. The molecule has 0 saturated heterocycles. The van der Waals surface area contributed by atoms with Crippen LogP contribution in [0.1, 0.15) is 32.7 Å². The minimum absolute atomic E-state index is 0.120. The Balaban J connectivity index is 1.23. The van der Waals surface area contributed by atoms with Gasteiger partial charge in [-0.2, -0.15) is 0 Å². The van der Waals surface area contributed by atoms with Gasteiger partial charge in [-0.25, -0.2) is 4.99 Å². The number of benzene rings is 2. The lowest BCUT2D eigenvalue weighted by Gasteiger charge is -2.27. The Labute approximate surface area is 212 Å². The van der Waals surface area contributed by atoms with Crippen LogP contribution in [-0.2, 0) is 6.42 Å². The van der Waals surface area contributed by atoms with Crippen molar-refractivity contribution in [2.24, 2.45) is 4.99 Å². The highest BCUT2D eigenvalue weighted by atomic mass is 19.4. The molecule has 2 aliphatic heterocycles. The van der Waals surface area contributed by atoms with Gasteiger partial charge in [-0.15, -0.1) is 13.2 Å². The second-order valence-electron chi connectivity index (χ2n) is 8.72. The number of hydrogen-bond donors (Lipinski definition) is 1. The molecule has 2 heterocycles. The fourth-order valence-corrected chi connectivity index (χ4v) is 4.17. The first-order valence-electron chi connectivity index (χ1n) is 11.6. The molecule has 0 aliphatic carbocycles. The van der Waals surface area contributed by atoms with Gasteiger partial charge in [0.05, 0.1) is 11.1 Å². The number of amides is 2. The lowest BCUT2D eigenvalue weighted by molar-refractivity contribution is -0.274. The standard InChI is InChI=1S/C27H25F3N4O3/c1-18(16-19-6-8-21(9-7-19)37-27(28,29)30)17-32-24(31)20-10-12-33(13-11-20)14-15-34-25(35)22-4-2-3-5-23(22)26(34)36/h2-10,17,31H,1,11-16H2. The maximum atomic E-state index is 12.5. The number of alkyl halides is 3. The van der Waals surface area contributed by atoms with E-state index >= 15 is 0 Å². The van der Waals surface area contributed by atoms with E-state index in [1.165, 1.54) is 35.4 Å². The zero-order valence-electron chi connectivity index (χ0n) is 19.9. The summed E-state index contributed by atoms with van der Waals surface area (Å²) in [6, 6.07) is 12.3. The normalized spacial score (nSPS) is 16.2. The number of fused-ring (bicyclic) bond motifs is 1. The molecule has 2 aromatic carbocycles. The molecular formula is C27H25F3N4O3. The minimum Gasteiger partial charge on any atom is -0.406 e. The molecule has 10 heteroatoms. The molecule has 1 N–H and O–H groups in total. The Kier molecular flexibility index (Phi) is 7.68. The Bertz CT molecular complexity index is 1250. The number of hydrogen-bond acceptors (Lipinski definition) is 5. The van der Waals surface area contributed by atoms with E-state index in [9.17, 15) is 22.8 Å². The van der Waals surface area contributed by atoms with Gasteiger partial charge in [0.1, 0.15) is 11.6 Å². The van der Waals surface area contributed by atoms with E-state index in [0.717, 1.165) is 11.1 Å². The number of carbonyl (C=O) groups excluding carboxylic acids is 2. The van der Waals surface area contributed by atoms with Crippen molar-refractivity contribution in [1.82, 2.24) is 9.80 Å². The van der Waals surface area contributed by atoms with Crippen LogP contribution in [0.4, 0.5) is 13.2 Å². The second kappa shape index (κ2) is 10.9. The molecule has 0 spiro atoms. The van der Waals surface area contributed by atoms with Gasteiger partial charge in [0, 0.05) is 32.4 Å². The number of nitrogens with one attached hydrogen (secondary N) is 1. The van der Waals surface area contributed by atoms with Gasteiger partial charge in [0.2, 0.25) is 0 Å². The van der Waals surface area contributed by atoms with Crippen molar-refractivity contribution in [3.8, 4) is 5.75 Å². The van der Waals surface area contributed by atoms with Crippen molar-refractivity contribution in [2.45, 2.75) is 19.2 Å². The van der Waals surface area contributed by atoms with Gasteiger partial charge in [0.15, 0.2) is 0 Å². The summed E-state index contributed by atoms with van der Waals surface area (Å²) in [5.74, 6) is -0.707. The van der Waals surface area contributed by atoms with Crippen LogP contribution in [0, 0.1) is 5.41 Å². The molecule has 0 unspecified atom stereocenters. The van der Waals surface area contributed by atoms with Gasteiger partial charge >= 0.3 is 6.36 Å². The summed E-state index contributed by atoms with van der Waals surface area (Å²) in [4.78, 5) is 32.6. The number of amidine groups is 1. The first-order valence-corrected chi connectivity index (χ1v) is 11.6. The van der Waals surface area contributed by atoms with Crippen molar-refractivity contribution < 1.29 is 27.5 Å². The molecule has 4 rings (SSSR count). The molecule has 192 valence electrons. The van der Waals surface area contributed by atoms with Crippen LogP contribution in [0.15, 0.2) is 77.3 Å². The Morgan fingerprint density at radius 3 is 2.27 bits per heavy atom. The third-order valence-corrected chi connectivity index (χ3v) is 6.08. The molecule has 0 fully saturated rings. The molecule has 7 nitrogen and oxygen atoms in total. The Morgan fingerprint density at radius 1 is 1.05 bits per heavy atom.